The molecule has 0 unspecified atom stereocenters. The largest absolute Gasteiger partial charge is 0.339 e. The Kier molecular flexibility index (Phi) is 3.47. The maximum Gasteiger partial charge on any atom is 0.229 e. The number of imidazole rings is 1. The van der Waals surface area contributed by atoms with Gasteiger partial charge in [0.1, 0.15) is 5.82 Å². The van der Waals surface area contributed by atoms with Crippen molar-refractivity contribution in [2.75, 3.05) is 6.54 Å². The number of rotatable bonds is 4. The summed E-state index contributed by atoms with van der Waals surface area (Å²) in [6.45, 7) is 1.87. The smallest absolute Gasteiger partial charge is 0.229 e. The zero-order valence-electron chi connectivity index (χ0n) is 14.4. The summed E-state index contributed by atoms with van der Waals surface area (Å²) in [6.07, 6.45) is 9.70. The highest BCUT2D eigenvalue weighted by Crippen LogP contribution is 2.39. The summed E-state index contributed by atoms with van der Waals surface area (Å²) in [6, 6.07) is 0.392. The molecule has 24 heavy (non-hydrogen) atoms. The maximum absolute atomic E-state index is 5.42. The number of hydrogen-bond acceptors (Lipinski definition) is 5. The lowest BCUT2D eigenvalue weighted by molar-refractivity contribution is 0.227. The molecule has 1 saturated carbocycles. The van der Waals surface area contributed by atoms with Crippen LogP contribution >= 0.6 is 0 Å². The molecule has 0 spiro atoms. The van der Waals surface area contributed by atoms with E-state index in [1.807, 2.05) is 0 Å². The zero-order valence-corrected chi connectivity index (χ0v) is 14.4. The van der Waals surface area contributed by atoms with Gasteiger partial charge in [-0.15, -0.1) is 0 Å². The average Bonchev–Trinajstić information content (AvgIpc) is 3.03. The SMILES string of the molecule is Cn1c([C@H]2CCCN2Cc2noc(C3CC3)n2)nc2c1CCCC2. The average molecular weight is 327 g/mol. The number of likely N-dealkylation sites (tertiary alicyclic amines) is 1. The van der Waals surface area contributed by atoms with Crippen LogP contribution in [0.1, 0.15) is 79.4 Å². The van der Waals surface area contributed by atoms with Crippen LogP contribution in [-0.4, -0.2) is 31.1 Å². The fourth-order valence-electron chi connectivity index (χ4n) is 4.32. The van der Waals surface area contributed by atoms with Gasteiger partial charge >= 0.3 is 0 Å². The van der Waals surface area contributed by atoms with Gasteiger partial charge in [0.05, 0.1) is 18.3 Å². The molecular formula is C18H25N5O. The van der Waals surface area contributed by atoms with Gasteiger partial charge in [-0.2, -0.15) is 4.98 Å². The van der Waals surface area contributed by atoms with Crippen LogP contribution < -0.4 is 0 Å². The van der Waals surface area contributed by atoms with Crippen LogP contribution in [0.15, 0.2) is 4.52 Å². The molecule has 0 amide bonds. The van der Waals surface area contributed by atoms with E-state index in [0.29, 0.717) is 12.0 Å². The third-order valence-corrected chi connectivity index (χ3v) is 5.82. The topological polar surface area (TPSA) is 60.0 Å². The molecule has 6 nitrogen and oxygen atoms in total. The van der Waals surface area contributed by atoms with Gasteiger partial charge in [0, 0.05) is 18.7 Å². The maximum atomic E-state index is 5.42. The van der Waals surface area contributed by atoms with E-state index in [1.165, 1.54) is 62.2 Å². The lowest BCUT2D eigenvalue weighted by Crippen LogP contribution is -2.25. The van der Waals surface area contributed by atoms with Gasteiger partial charge in [-0.05, 0) is 57.9 Å². The Morgan fingerprint density at radius 2 is 1.96 bits per heavy atom. The summed E-state index contributed by atoms with van der Waals surface area (Å²) >= 11 is 0. The van der Waals surface area contributed by atoms with Gasteiger partial charge in [0.2, 0.25) is 5.89 Å². The van der Waals surface area contributed by atoms with E-state index in [4.69, 9.17) is 9.51 Å². The van der Waals surface area contributed by atoms with Crippen molar-refractivity contribution < 1.29 is 4.52 Å². The first-order valence-electron chi connectivity index (χ1n) is 9.40. The van der Waals surface area contributed by atoms with Crippen LogP contribution in [0.25, 0.3) is 0 Å². The summed E-state index contributed by atoms with van der Waals surface area (Å²) in [7, 11) is 2.20. The summed E-state index contributed by atoms with van der Waals surface area (Å²) in [5, 5.41) is 4.20. The highest BCUT2D eigenvalue weighted by molar-refractivity contribution is 5.22. The Balaban J connectivity index is 1.37. The van der Waals surface area contributed by atoms with Crippen LogP contribution in [-0.2, 0) is 26.4 Å². The fourth-order valence-corrected chi connectivity index (χ4v) is 4.32. The second kappa shape index (κ2) is 5.69. The Morgan fingerprint density at radius 3 is 2.79 bits per heavy atom. The molecule has 1 saturated heterocycles. The highest BCUT2D eigenvalue weighted by atomic mass is 16.5. The molecule has 1 aliphatic heterocycles. The zero-order chi connectivity index (χ0) is 16.1. The van der Waals surface area contributed by atoms with E-state index in [-0.39, 0.29) is 0 Å². The summed E-state index contributed by atoms with van der Waals surface area (Å²) in [4.78, 5) is 12.1. The Labute approximate surface area is 142 Å². The molecule has 2 fully saturated rings. The van der Waals surface area contributed by atoms with Crippen molar-refractivity contribution in [3.8, 4) is 0 Å². The normalized spacial score (nSPS) is 24.5. The van der Waals surface area contributed by atoms with E-state index in [9.17, 15) is 0 Å². The summed E-state index contributed by atoms with van der Waals surface area (Å²) in [5.74, 6) is 3.45. The van der Waals surface area contributed by atoms with Gasteiger partial charge in [-0.25, -0.2) is 4.98 Å². The van der Waals surface area contributed by atoms with E-state index < -0.39 is 0 Å². The van der Waals surface area contributed by atoms with Gasteiger partial charge in [-0.3, -0.25) is 4.90 Å². The molecular weight excluding hydrogens is 302 g/mol. The fraction of sp³-hybridized carbons (Fsp3) is 0.722. The second-order valence-electron chi connectivity index (χ2n) is 7.58. The minimum absolute atomic E-state index is 0.392. The van der Waals surface area contributed by atoms with Crippen LogP contribution in [0.3, 0.4) is 0 Å². The van der Waals surface area contributed by atoms with Crippen molar-refractivity contribution in [1.82, 2.24) is 24.6 Å². The first kappa shape index (κ1) is 14.6. The van der Waals surface area contributed by atoms with Gasteiger partial charge in [0.25, 0.3) is 0 Å². The Bertz CT molecular complexity index is 745. The number of nitrogens with zero attached hydrogens (tertiary/aromatic N) is 5. The highest BCUT2D eigenvalue weighted by Gasteiger charge is 2.33. The minimum Gasteiger partial charge on any atom is -0.339 e. The van der Waals surface area contributed by atoms with Crippen molar-refractivity contribution in [3.05, 3.63) is 28.9 Å². The van der Waals surface area contributed by atoms with E-state index >= 15 is 0 Å². The molecule has 128 valence electrons. The van der Waals surface area contributed by atoms with Crippen LogP contribution in [0, 0.1) is 0 Å². The third kappa shape index (κ3) is 2.48. The second-order valence-corrected chi connectivity index (χ2v) is 7.58. The van der Waals surface area contributed by atoms with E-state index in [2.05, 4.69) is 26.7 Å². The van der Waals surface area contributed by atoms with Crippen molar-refractivity contribution in [1.29, 1.82) is 0 Å². The number of hydrogen-bond donors (Lipinski definition) is 0. The van der Waals surface area contributed by atoms with E-state index in [1.54, 1.807) is 0 Å². The lowest BCUT2D eigenvalue weighted by Gasteiger charge is -2.22. The molecule has 3 heterocycles. The van der Waals surface area contributed by atoms with Crippen molar-refractivity contribution in [2.24, 2.45) is 7.05 Å². The monoisotopic (exact) mass is 327 g/mol. The van der Waals surface area contributed by atoms with Gasteiger partial charge in [-0.1, -0.05) is 5.16 Å². The summed E-state index contributed by atoms with van der Waals surface area (Å²) in [5.41, 5.74) is 2.79. The molecule has 2 aromatic rings. The quantitative estimate of drug-likeness (QED) is 0.864. The molecule has 0 N–H and O–H groups in total. The van der Waals surface area contributed by atoms with Crippen molar-refractivity contribution in [3.63, 3.8) is 0 Å². The predicted molar refractivity (Wildman–Crippen MR) is 88.5 cm³/mol. The van der Waals surface area contributed by atoms with E-state index in [0.717, 1.165) is 31.2 Å². The third-order valence-electron chi connectivity index (χ3n) is 5.82. The number of aromatic nitrogens is 4. The van der Waals surface area contributed by atoms with Crippen molar-refractivity contribution in [2.45, 2.75) is 69.9 Å². The minimum atomic E-state index is 0.392. The van der Waals surface area contributed by atoms with Crippen molar-refractivity contribution >= 4 is 0 Å². The summed E-state index contributed by atoms with van der Waals surface area (Å²) < 4.78 is 7.79. The molecule has 0 bridgehead atoms. The molecule has 2 aliphatic carbocycles. The van der Waals surface area contributed by atoms with Crippen LogP contribution in [0.2, 0.25) is 0 Å². The van der Waals surface area contributed by atoms with Crippen LogP contribution in [0.4, 0.5) is 0 Å². The lowest BCUT2D eigenvalue weighted by atomic mass is 10.0. The number of aryl methyl sites for hydroxylation is 1. The van der Waals surface area contributed by atoms with Gasteiger partial charge < -0.3 is 9.09 Å². The van der Waals surface area contributed by atoms with Crippen LogP contribution in [0.5, 0.6) is 0 Å². The molecule has 0 aromatic carbocycles. The first-order chi connectivity index (χ1) is 11.8. The molecule has 1 atom stereocenters. The van der Waals surface area contributed by atoms with Gasteiger partial charge in [0.15, 0.2) is 5.82 Å². The number of fused-ring (bicyclic) bond motifs is 1. The Hall–Kier alpha value is -1.69. The first-order valence-corrected chi connectivity index (χ1v) is 9.40. The molecule has 0 radical (unpaired) electrons. The Morgan fingerprint density at radius 1 is 1.08 bits per heavy atom. The molecule has 3 aliphatic rings. The standard InChI is InChI=1S/C18H25N5O/c1-22-14-6-3-2-5-13(14)19-17(22)15-7-4-10-23(15)11-16-20-18(24-21-16)12-8-9-12/h12,15H,2-11H2,1H3/t15-/m1/s1. The molecule has 2 aromatic heterocycles. The predicted octanol–water partition coefficient (Wildman–Crippen LogP) is 2.90. The molecule has 6 heteroatoms. The molecule has 5 rings (SSSR count).